The average Bonchev–Trinajstić information content (AvgIpc) is 2.42. The van der Waals surface area contributed by atoms with Crippen LogP contribution in [0.15, 0.2) is 24.3 Å². The summed E-state index contributed by atoms with van der Waals surface area (Å²) in [6, 6.07) is 7.73. The minimum atomic E-state index is -0.279. The van der Waals surface area contributed by atoms with E-state index in [9.17, 15) is 4.79 Å². The molecule has 1 atom stereocenters. The van der Waals surface area contributed by atoms with E-state index in [1.165, 1.54) is 7.11 Å². The van der Waals surface area contributed by atoms with Gasteiger partial charge in [-0.2, -0.15) is 0 Å². The highest BCUT2D eigenvalue weighted by Gasteiger charge is 2.30. The van der Waals surface area contributed by atoms with Crippen LogP contribution in [0.3, 0.4) is 0 Å². The molecule has 1 N–H and O–H groups in total. The fourth-order valence-corrected chi connectivity index (χ4v) is 2.42. The van der Waals surface area contributed by atoms with Gasteiger partial charge in [0, 0.05) is 26.2 Å². The molecule has 1 heterocycles. The van der Waals surface area contributed by atoms with Crippen LogP contribution in [0.25, 0.3) is 0 Å². The number of carbonyl (C=O) groups excluding carboxylic acids is 1. The van der Waals surface area contributed by atoms with Crippen LogP contribution in [0.5, 0.6) is 0 Å². The topological polar surface area (TPSA) is 41.6 Å². The number of ether oxygens (including phenoxy) is 1. The van der Waals surface area contributed by atoms with Crippen LogP contribution in [0.1, 0.15) is 17.2 Å². The lowest BCUT2D eigenvalue weighted by molar-refractivity contribution is -0.147. The van der Waals surface area contributed by atoms with E-state index in [1.54, 1.807) is 0 Å². The van der Waals surface area contributed by atoms with Crippen LogP contribution in [0.4, 0.5) is 0 Å². The summed E-state index contributed by atoms with van der Waals surface area (Å²) in [5.74, 6) is -0.175. The Morgan fingerprint density at radius 1 is 1.33 bits per heavy atom. The minimum absolute atomic E-state index is 0.175. The Morgan fingerprint density at radius 3 is 2.61 bits per heavy atom. The first-order valence-electron chi connectivity index (χ1n) is 6.32. The number of carbonyl (C=O) groups is 1. The summed E-state index contributed by atoms with van der Waals surface area (Å²) in [6.45, 7) is 5.61. The van der Waals surface area contributed by atoms with Crippen molar-refractivity contribution in [3.63, 3.8) is 0 Å². The van der Waals surface area contributed by atoms with Crippen LogP contribution in [0.2, 0.25) is 0 Å². The fourth-order valence-electron chi connectivity index (χ4n) is 2.42. The van der Waals surface area contributed by atoms with Gasteiger partial charge < -0.3 is 10.1 Å². The highest BCUT2D eigenvalue weighted by atomic mass is 16.5. The van der Waals surface area contributed by atoms with Crippen molar-refractivity contribution in [2.45, 2.75) is 13.0 Å². The highest BCUT2D eigenvalue weighted by molar-refractivity contribution is 5.78. The number of piperazine rings is 1. The number of nitrogens with zero attached hydrogens (tertiary/aromatic N) is 1. The second kappa shape index (κ2) is 5.98. The van der Waals surface area contributed by atoms with Gasteiger partial charge in [-0.1, -0.05) is 24.3 Å². The average molecular weight is 248 g/mol. The SMILES string of the molecule is COC(=O)C(c1ccccc1C)N1CCNCC1. The Kier molecular flexibility index (Phi) is 4.33. The van der Waals surface area contributed by atoms with Crippen molar-refractivity contribution in [3.05, 3.63) is 35.4 Å². The van der Waals surface area contributed by atoms with Gasteiger partial charge in [0.05, 0.1) is 7.11 Å². The predicted molar refractivity (Wildman–Crippen MR) is 70.4 cm³/mol. The van der Waals surface area contributed by atoms with Crippen molar-refractivity contribution in [1.29, 1.82) is 0 Å². The molecule has 0 bridgehead atoms. The normalized spacial score (nSPS) is 18.3. The number of hydrogen-bond acceptors (Lipinski definition) is 4. The van der Waals surface area contributed by atoms with Crippen LogP contribution in [-0.4, -0.2) is 44.2 Å². The van der Waals surface area contributed by atoms with Gasteiger partial charge in [-0.3, -0.25) is 4.90 Å². The molecule has 98 valence electrons. The lowest BCUT2D eigenvalue weighted by Gasteiger charge is -2.34. The molecule has 2 rings (SSSR count). The number of esters is 1. The van der Waals surface area contributed by atoms with E-state index < -0.39 is 0 Å². The van der Waals surface area contributed by atoms with Crippen molar-refractivity contribution in [2.24, 2.45) is 0 Å². The molecule has 1 unspecified atom stereocenters. The molecule has 0 aromatic heterocycles. The smallest absolute Gasteiger partial charge is 0.327 e. The number of hydrogen-bond donors (Lipinski definition) is 1. The molecule has 1 aromatic carbocycles. The van der Waals surface area contributed by atoms with Gasteiger partial charge in [0.1, 0.15) is 6.04 Å². The maximum absolute atomic E-state index is 12.1. The third kappa shape index (κ3) is 2.71. The van der Waals surface area contributed by atoms with Gasteiger partial charge in [-0.15, -0.1) is 0 Å². The van der Waals surface area contributed by atoms with Gasteiger partial charge >= 0.3 is 5.97 Å². The summed E-state index contributed by atoms with van der Waals surface area (Å²) in [6.07, 6.45) is 0. The molecule has 0 amide bonds. The molecule has 1 saturated heterocycles. The van der Waals surface area contributed by atoms with Gasteiger partial charge in [0.15, 0.2) is 0 Å². The quantitative estimate of drug-likeness (QED) is 0.814. The summed E-state index contributed by atoms with van der Waals surface area (Å²) >= 11 is 0. The zero-order valence-electron chi connectivity index (χ0n) is 11.0. The summed E-state index contributed by atoms with van der Waals surface area (Å²) in [4.78, 5) is 14.3. The number of aryl methyl sites for hydroxylation is 1. The molecule has 18 heavy (non-hydrogen) atoms. The summed E-state index contributed by atoms with van der Waals surface area (Å²) < 4.78 is 4.97. The molecule has 0 aliphatic carbocycles. The first-order valence-corrected chi connectivity index (χ1v) is 6.32. The monoisotopic (exact) mass is 248 g/mol. The molecular weight excluding hydrogens is 228 g/mol. The van der Waals surface area contributed by atoms with Crippen LogP contribution < -0.4 is 5.32 Å². The van der Waals surface area contributed by atoms with Gasteiger partial charge in [0.2, 0.25) is 0 Å². The van der Waals surface area contributed by atoms with Crippen molar-refractivity contribution >= 4 is 5.97 Å². The maximum atomic E-state index is 12.1. The first kappa shape index (κ1) is 13.1. The predicted octanol–water partition coefficient (Wildman–Crippen LogP) is 1.11. The fraction of sp³-hybridized carbons (Fsp3) is 0.500. The van der Waals surface area contributed by atoms with Gasteiger partial charge in [-0.25, -0.2) is 4.79 Å². The van der Waals surface area contributed by atoms with Crippen molar-refractivity contribution < 1.29 is 9.53 Å². The molecule has 1 aliphatic rings. The Balaban J connectivity index is 2.30. The van der Waals surface area contributed by atoms with Crippen molar-refractivity contribution in [2.75, 3.05) is 33.3 Å². The molecule has 4 nitrogen and oxygen atoms in total. The zero-order valence-corrected chi connectivity index (χ0v) is 11.0. The van der Waals surface area contributed by atoms with Crippen molar-refractivity contribution in [1.82, 2.24) is 10.2 Å². The molecular formula is C14H20N2O2. The maximum Gasteiger partial charge on any atom is 0.327 e. The summed E-state index contributed by atoms with van der Waals surface area (Å²) in [7, 11) is 1.45. The molecule has 0 spiro atoms. The molecule has 0 radical (unpaired) electrons. The Hall–Kier alpha value is -1.39. The highest BCUT2D eigenvalue weighted by Crippen LogP contribution is 2.25. The van der Waals surface area contributed by atoms with Crippen molar-refractivity contribution in [3.8, 4) is 0 Å². The van der Waals surface area contributed by atoms with E-state index in [2.05, 4.69) is 10.2 Å². The molecule has 0 saturated carbocycles. The standard InChI is InChI=1S/C14H20N2O2/c1-11-5-3-4-6-12(11)13(14(17)18-2)16-9-7-15-8-10-16/h3-6,13,15H,7-10H2,1-2H3. The van der Waals surface area contributed by atoms with E-state index in [4.69, 9.17) is 4.74 Å². The second-order valence-electron chi connectivity index (χ2n) is 4.57. The largest absolute Gasteiger partial charge is 0.468 e. The Labute approximate surface area is 108 Å². The van der Waals surface area contributed by atoms with Crippen LogP contribution in [-0.2, 0) is 9.53 Å². The third-order valence-corrected chi connectivity index (χ3v) is 3.42. The van der Waals surface area contributed by atoms with E-state index in [0.29, 0.717) is 0 Å². The Morgan fingerprint density at radius 2 is 2.00 bits per heavy atom. The molecule has 4 heteroatoms. The Bertz CT molecular complexity index is 414. The minimum Gasteiger partial charge on any atom is -0.468 e. The van der Waals surface area contributed by atoms with Crippen LogP contribution >= 0.6 is 0 Å². The van der Waals surface area contributed by atoms with Gasteiger partial charge in [-0.05, 0) is 18.1 Å². The van der Waals surface area contributed by atoms with E-state index in [1.807, 2.05) is 31.2 Å². The molecule has 1 fully saturated rings. The second-order valence-corrected chi connectivity index (χ2v) is 4.57. The van der Waals surface area contributed by atoms with E-state index in [0.717, 1.165) is 37.3 Å². The summed E-state index contributed by atoms with van der Waals surface area (Å²) in [5, 5.41) is 3.30. The molecule has 1 aromatic rings. The zero-order chi connectivity index (χ0) is 13.0. The van der Waals surface area contributed by atoms with E-state index in [-0.39, 0.29) is 12.0 Å². The number of methoxy groups -OCH3 is 1. The van der Waals surface area contributed by atoms with Gasteiger partial charge in [0.25, 0.3) is 0 Å². The number of rotatable bonds is 3. The summed E-state index contributed by atoms with van der Waals surface area (Å²) in [5.41, 5.74) is 2.18. The third-order valence-electron chi connectivity index (χ3n) is 3.42. The lowest BCUT2D eigenvalue weighted by atomic mass is 9.99. The molecule has 1 aliphatic heterocycles. The van der Waals surface area contributed by atoms with Crippen LogP contribution in [0, 0.1) is 6.92 Å². The number of nitrogens with one attached hydrogen (secondary N) is 1. The van der Waals surface area contributed by atoms with E-state index >= 15 is 0 Å². The first-order chi connectivity index (χ1) is 8.74. The number of benzene rings is 1. The lowest BCUT2D eigenvalue weighted by Crippen LogP contribution is -2.47.